The standard InChI is InChI=1S/C22H28N4O3/c1-14(2)17(24-21(28)29-22(4,5)6)19-25-18(23-7)15(3)20(27)26(19)13-16-11-9-8-10-12-16/h8-12,14,17H,13H2,1-6H3,(H,24,28). The number of rotatable bonds is 5. The molecule has 7 heteroatoms. The minimum Gasteiger partial charge on any atom is -0.444 e. The van der Waals surface area contributed by atoms with Crippen molar-refractivity contribution in [1.82, 2.24) is 14.9 Å². The summed E-state index contributed by atoms with van der Waals surface area (Å²) in [5.41, 5.74) is 0.269. The first-order chi connectivity index (χ1) is 13.5. The van der Waals surface area contributed by atoms with Crippen molar-refractivity contribution in [3.63, 3.8) is 0 Å². The molecule has 1 N–H and O–H groups in total. The van der Waals surface area contributed by atoms with Crippen molar-refractivity contribution in [2.24, 2.45) is 5.92 Å². The predicted molar refractivity (Wildman–Crippen MR) is 112 cm³/mol. The molecule has 7 nitrogen and oxygen atoms in total. The highest BCUT2D eigenvalue weighted by Gasteiger charge is 2.30. The van der Waals surface area contributed by atoms with Crippen molar-refractivity contribution < 1.29 is 9.53 Å². The van der Waals surface area contributed by atoms with Crippen LogP contribution >= 0.6 is 0 Å². The highest BCUT2D eigenvalue weighted by Crippen LogP contribution is 2.24. The first-order valence-electron chi connectivity index (χ1n) is 9.55. The first-order valence-corrected chi connectivity index (χ1v) is 9.55. The van der Waals surface area contributed by atoms with E-state index >= 15 is 0 Å². The zero-order valence-corrected chi connectivity index (χ0v) is 17.8. The lowest BCUT2D eigenvalue weighted by Crippen LogP contribution is -2.40. The molecule has 0 bridgehead atoms. The van der Waals surface area contributed by atoms with Gasteiger partial charge in [-0.3, -0.25) is 9.36 Å². The number of benzene rings is 1. The van der Waals surface area contributed by atoms with E-state index in [0.29, 0.717) is 17.9 Å². The van der Waals surface area contributed by atoms with E-state index in [2.05, 4.69) is 15.1 Å². The van der Waals surface area contributed by atoms with Gasteiger partial charge in [0.1, 0.15) is 11.6 Å². The molecular weight excluding hydrogens is 368 g/mol. The summed E-state index contributed by atoms with van der Waals surface area (Å²) >= 11 is 0. The Balaban J connectivity index is 2.57. The van der Waals surface area contributed by atoms with Crippen molar-refractivity contribution in [1.29, 1.82) is 0 Å². The number of nitrogens with one attached hydrogen (secondary N) is 1. The minimum absolute atomic E-state index is 0.0472. The van der Waals surface area contributed by atoms with Gasteiger partial charge in [-0.15, -0.1) is 4.98 Å². The topological polar surface area (TPSA) is 77.6 Å². The second-order valence-corrected chi connectivity index (χ2v) is 8.28. The van der Waals surface area contributed by atoms with Crippen LogP contribution in [0, 0.1) is 19.4 Å². The van der Waals surface area contributed by atoms with Crippen LogP contribution in [0.3, 0.4) is 0 Å². The summed E-state index contributed by atoms with van der Waals surface area (Å²) in [4.78, 5) is 33.3. The Hall–Kier alpha value is -3.14. The van der Waals surface area contributed by atoms with Gasteiger partial charge in [-0.05, 0) is 39.2 Å². The molecule has 1 aromatic heterocycles. The number of ether oxygens (including phenoxy) is 1. The van der Waals surface area contributed by atoms with Gasteiger partial charge in [0.25, 0.3) is 5.82 Å². The van der Waals surface area contributed by atoms with Crippen LogP contribution in [0.1, 0.15) is 57.6 Å². The van der Waals surface area contributed by atoms with Crippen molar-refractivity contribution in [3.05, 3.63) is 69.1 Å². The van der Waals surface area contributed by atoms with E-state index in [1.165, 1.54) is 4.57 Å². The lowest BCUT2D eigenvalue weighted by molar-refractivity contribution is 0.0485. The van der Waals surface area contributed by atoms with Crippen molar-refractivity contribution in [2.75, 3.05) is 0 Å². The molecule has 1 heterocycles. The Morgan fingerprint density at radius 3 is 2.41 bits per heavy atom. The van der Waals surface area contributed by atoms with Crippen LogP contribution in [0.2, 0.25) is 0 Å². The van der Waals surface area contributed by atoms with Gasteiger partial charge in [0, 0.05) is 5.56 Å². The third-order valence-corrected chi connectivity index (χ3v) is 4.30. The van der Waals surface area contributed by atoms with E-state index in [0.717, 1.165) is 5.56 Å². The van der Waals surface area contributed by atoms with Gasteiger partial charge in [-0.1, -0.05) is 50.8 Å². The largest absolute Gasteiger partial charge is 0.444 e. The maximum Gasteiger partial charge on any atom is 0.408 e. The maximum atomic E-state index is 13.1. The maximum absolute atomic E-state index is 13.1. The van der Waals surface area contributed by atoms with Crippen LogP contribution in [-0.2, 0) is 11.3 Å². The Kier molecular flexibility index (Phi) is 6.80. The SMILES string of the molecule is [C-]#[N+]c1nc(C(NC(=O)OC(C)(C)C)C(C)C)n(Cc2ccccc2)c(=O)c1C. The van der Waals surface area contributed by atoms with Crippen LogP contribution in [0.25, 0.3) is 4.85 Å². The third kappa shape index (κ3) is 5.67. The molecule has 0 aliphatic heterocycles. The van der Waals surface area contributed by atoms with Crippen molar-refractivity contribution >= 4 is 11.9 Å². The van der Waals surface area contributed by atoms with Crippen LogP contribution in [0.5, 0.6) is 0 Å². The second kappa shape index (κ2) is 8.91. The quantitative estimate of drug-likeness (QED) is 0.761. The Morgan fingerprint density at radius 2 is 1.90 bits per heavy atom. The van der Waals surface area contributed by atoms with Gasteiger partial charge in [0.05, 0.1) is 6.54 Å². The molecule has 0 aliphatic carbocycles. The minimum atomic E-state index is -0.655. The van der Waals surface area contributed by atoms with Gasteiger partial charge in [-0.25, -0.2) is 4.79 Å². The van der Waals surface area contributed by atoms with E-state index in [9.17, 15) is 9.59 Å². The molecule has 2 aromatic rings. The Bertz CT molecular complexity index is 967. The second-order valence-electron chi connectivity index (χ2n) is 8.28. The highest BCUT2D eigenvalue weighted by atomic mass is 16.6. The van der Waals surface area contributed by atoms with Gasteiger partial charge >= 0.3 is 6.09 Å². The number of nitrogens with zero attached hydrogens (tertiary/aromatic N) is 3. The molecule has 2 rings (SSSR count). The summed E-state index contributed by atoms with van der Waals surface area (Å²) in [6.45, 7) is 18.4. The van der Waals surface area contributed by atoms with E-state index in [-0.39, 0.29) is 17.3 Å². The fourth-order valence-electron chi connectivity index (χ4n) is 2.88. The normalized spacial score (nSPS) is 12.3. The summed E-state index contributed by atoms with van der Waals surface area (Å²) in [5.74, 6) is 0.306. The Labute approximate surface area is 171 Å². The lowest BCUT2D eigenvalue weighted by Gasteiger charge is -2.26. The molecule has 1 unspecified atom stereocenters. The van der Waals surface area contributed by atoms with Crippen LogP contribution in [-0.4, -0.2) is 21.2 Å². The predicted octanol–water partition coefficient (Wildman–Crippen LogP) is 4.37. The van der Waals surface area contributed by atoms with Gasteiger partial charge < -0.3 is 14.9 Å². The highest BCUT2D eigenvalue weighted by molar-refractivity contribution is 5.68. The molecule has 0 spiro atoms. The zero-order chi connectivity index (χ0) is 21.8. The van der Waals surface area contributed by atoms with E-state index in [4.69, 9.17) is 11.3 Å². The summed E-state index contributed by atoms with van der Waals surface area (Å²) < 4.78 is 6.91. The molecular formula is C22H28N4O3. The van der Waals surface area contributed by atoms with Gasteiger partial charge in [0.15, 0.2) is 0 Å². The van der Waals surface area contributed by atoms with E-state index in [1.807, 2.05) is 44.2 Å². The smallest absolute Gasteiger partial charge is 0.408 e. The number of aromatic nitrogens is 2. The molecule has 29 heavy (non-hydrogen) atoms. The monoisotopic (exact) mass is 396 g/mol. The fraction of sp³-hybridized carbons (Fsp3) is 0.455. The van der Waals surface area contributed by atoms with Crippen molar-refractivity contribution in [2.45, 2.75) is 59.7 Å². The van der Waals surface area contributed by atoms with Gasteiger partial charge in [0.2, 0.25) is 11.4 Å². The fourth-order valence-corrected chi connectivity index (χ4v) is 2.88. The van der Waals surface area contributed by atoms with Crippen LogP contribution in [0.4, 0.5) is 10.6 Å². The Morgan fingerprint density at radius 1 is 1.28 bits per heavy atom. The number of carbonyl (C=O) groups is 1. The number of hydrogen-bond acceptors (Lipinski definition) is 4. The van der Waals surface area contributed by atoms with Crippen LogP contribution in [0.15, 0.2) is 35.1 Å². The van der Waals surface area contributed by atoms with Crippen LogP contribution < -0.4 is 10.9 Å². The van der Waals surface area contributed by atoms with E-state index in [1.54, 1.807) is 27.7 Å². The summed E-state index contributed by atoms with van der Waals surface area (Å²) in [5, 5.41) is 2.83. The molecule has 154 valence electrons. The molecule has 0 saturated heterocycles. The number of carbonyl (C=O) groups excluding carboxylic acids is 1. The average Bonchev–Trinajstić information content (AvgIpc) is 2.63. The summed E-state index contributed by atoms with van der Waals surface area (Å²) in [7, 11) is 0. The third-order valence-electron chi connectivity index (χ3n) is 4.30. The average molecular weight is 396 g/mol. The lowest BCUT2D eigenvalue weighted by atomic mass is 10.0. The molecule has 1 aromatic carbocycles. The molecule has 1 atom stereocenters. The zero-order valence-electron chi connectivity index (χ0n) is 17.8. The summed E-state index contributed by atoms with van der Waals surface area (Å²) in [6, 6.07) is 8.93. The molecule has 0 saturated carbocycles. The molecule has 0 aliphatic rings. The molecule has 0 radical (unpaired) electrons. The number of amides is 1. The van der Waals surface area contributed by atoms with E-state index < -0.39 is 17.7 Å². The van der Waals surface area contributed by atoms with Gasteiger partial charge in [-0.2, -0.15) is 0 Å². The molecule has 1 amide bonds. The number of alkyl carbamates (subject to hydrolysis) is 1. The molecule has 0 fully saturated rings. The summed E-state index contributed by atoms with van der Waals surface area (Å²) in [6.07, 6.45) is -0.596. The van der Waals surface area contributed by atoms with Crippen molar-refractivity contribution in [3.8, 4) is 0 Å². The number of hydrogen-bond donors (Lipinski definition) is 1. The first kappa shape index (κ1) is 22.2.